The van der Waals surface area contributed by atoms with E-state index < -0.39 is 5.54 Å². The van der Waals surface area contributed by atoms with Gasteiger partial charge in [0.2, 0.25) is 0 Å². The van der Waals surface area contributed by atoms with Gasteiger partial charge in [-0.15, -0.1) is 0 Å². The zero-order chi connectivity index (χ0) is 13.9. The van der Waals surface area contributed by atoms with Gasteiger partial charge in [-0.25, -0.2) is 0 Å². The van der Waals surface area contributed by atoms with Crippen LogP contribution in [-0.4, -0.2) is 0 Å². The maximum atomic E-state index is 6.65. The van der Waals surface area contributed by atoms with Crippen LogP contribution < -0.4 is 5.73 Å². The smallest absolute Gasteiger partial charge is 0.0665 e. The quantitative estimate of drug-likeness (QED) is 0.865. The van der Waals surface area contributed by atoms with E-state index in [9.17, 15) is 0 Å². The van der Waals surface area contributed by atoms with Gasteiger partial charge in [-0.05, 0) is 29.0 Å². The Hall–Kier alpha value is -1.60. The largest absolute Gasteiger partial charge is 0.318 e. The number of hydrogen-bond donors (Lipinski definition) is 1. The standard InChI is InChI=1S/C18H22N/c1-4-18(19,16-10-6-5-7-11-16)17-12-8-9-15(13-17)14(2)3/h5-14H,1,4,19H2,2-3H3. The fourth-order valence-electron chi connectivity index (χ4n) is 2.37. The van der Waals surface area contributed by atoms with E-state index in [1.165, 1.54) is 5.56 Å². The fraction of sp³-hybridized carbons (Fsp3) is 0.278. The van der Waals surface area contributed by atoms with Gasteiger partial charge >= 0.3 is 0 Å². The molecular weight excluding hydrogens is 230 g/mol. The van der Waals surface area contributed by atoms with E-state index in [-0.39, 0.29) is 0 Å². The lowest BCUT2D eigenvalue weighted by Gasteiger charge is -2.30. The summed E-state index contributed by atoms with van der Waals surface area (Å²) in [5, 5.41) is 0. The molecule has 1 unspecified atom stereocenters. The highest BCUT2D eigenvalue weighted by Gasteiger charge is 2.27. The Morgan fingerprint density at radius 3 is 2.21 bits per heavy atom. The molecule has 0 aromatic heterocycles. The van der Waals surface area contributed by atoms with Crippen molar-refractivity contribution in [2.45, 2.75) is 31.7 Å². The van der Waals surface area contributed by atoms with Crippen LogP contribution in [0.4, 0.5) is 0 Å². The molecule has 0 aliphatic heterocycles. The second-order valence-electron chi connectivity index (χ2n) is 5.37. The average Bonchev–Trinajstić information content (AvgIpc) is 2.47. The SMILES string of the molecule is [CH2]CC(N)(c1ccccc1)c1cccc(C(C)C)c1. The maximum absolute atomic E-state index is 6.65. The summed E-state index contributed by atoms with van der Waals surface area (Å²) >= 11 is 0. The normalized spacial score (nSPS) is 14.4. The van der Waals surface area contributed by atoms with E-state index in [1.807, 2.05) is 18.2 Å². The highest BCUT2D eigenvalue weighted by atomic mass is 14.7. The first-order valence-electron chi connectivity index (χ1n) is 6.82. The number of rotatable bonds is 4. The molecule has 0 spiro atoms. The molecule has 2 rings (SSSR count). The van der Waals surface area contributed by atoms with Crippen LogP contribution in [0.1, 0.15) is 42.9 Å². The van der Waals surface area contributed by atoms with Crippen molar-refractivity contribution < 1.29 is 0 Å². The predicted molar refractivity (Wildman–Crippen MR) is 81.9 cm³/mol. The van der Waals surface area contributed by atoms with Gasteiger partial charge in [0.15, 0.2) is 0 Å². The maximum Gasteiger partial charge on any atom is 0.0665 e. The molecule has 0 heterocycles. The van der Waals surface area contributed by atoms with Crippen LogP contribution in [0.25, 0.3) is 0 Å². The summed E-state index contributed by atoms with van der Waals surface area (Å²) in [4.78, 5) is 0. The number of hydrogen-bond acceptors (Lipinski definition) is 1. The van der Waals surface area contributed by atoms with Crippen molar-refractivity contribution in [3.05, 3.63) is 78.2 Å². The Kier molecular flexibility index (Phi) is 4.06. The number of nitrogens with two attached hydrogens (primary N) is 1. The topological polar surface area (TPSA) is 26.0 Å². The van der Waals surface area contributed by atoms with Gasteiger partial charge in [0.05, 0.1) is 5.54 Å². The molecule has 2 N–H and O–H groups in total. The van der Waals surface area contributed by atoms with Crippen LogP contribution in [0, 0.1) is 6.92 Å². The van der Waals surface area contributed by atoms with E-state index in [0.29, 0.717) is 12.3 Å². The highest BCUT2D eigenvalue weighted by Crippen LogP contribution is 2.31. The summed E-state index contributed by atoms with van der Waals surface area (Å²) in [7, 11) is 0. The monoisotopic (exact) mass is 252 g/mol. The first kappa shape index (κ1) is 13.8. The Morgan fingerprint density at radius 2 is 1.63 bits per heavy atom. The van der Waals surface area contributed by atoms with E-state index >= 15 is 0 Å². The van der Waals surface area contributed by atoms with E-state index in [1.54, 1.807) is 0 Å². The third kappa shape index (κ3) is 2.71. The van der Waals surface area contributed by atoms with Crippen LogP contribution in [0.5, 0.6) is 0 Å². The minimum atomic E-state index is -0.508. The predicted octanol–water partition coefficient (Wildman–Crippen LogP) is 4.24. The lowest BCUT2D eigenvalue weighted by Crippen LogP contribution is -2.37. The zero-order valence-electron chi connectivity index (χ0n) is 11.8. The summed E-state index contributed by atoms with van der Waals surface area (Å²) in [5.74, 6) is 0.504. The van der Waals surface area contributed by atoms with Crippen LogP contribution in [-0.2, 0) is 5.54 Å². The summed E-state index contributed by atoms with van der Waals surface area (Å²) in [6.07, 6.45) is 0.637. The minimum absolute atomic E-state index is 0.504. The fourth-order valence-corrected chi connectivity index (χ4v) is 2.37. The van der Waals surface area contributed by atoms with Crippen molar-refractivity contribution in [2.24, 2.45) is 5.73 Å². The molecule has 1 radical (unpaired) electrons. The molecule has 1 atom stereocenters. The van der Waals surface area contributed by atoms with Gasteiger partial charge in [-0.3, -0.25) is 0 Å². The Bertz CT molecular complexity index is 530. The minimum Gasteiger partial charge on any atom is -0.318 e. The van der Waals surface area contributed by atoms with E-state index in [0.717, 1.165) is 11.1 Å². The molecule has 0 saturated heterocycles. The summed E-state index contributed by atoms with van der Waals surface area (Å²) in [6, 6.07) is 18.8. The summed E-state index contributed by atoms with van der Waals surface area (Å²) in [6.45, 7) is 8.46. The van der Waals surface area contributed by atoms with Crippen molar-refractivity contribution in [3.63, 3.8) is 0 Å². The molecule has 1 nitrogen and oxygen atoms in total. The average molecular weight is 252 g/mol. The molecule has 19 heavy (non-hydrogen) atoms. The molecule has 99 valence electrons. The molecule has 0 amide bonds. The van der Waals surface area contributed by atoms with Crippen LogP contribution in [0.15, 0.2) is 54.6 Å². The van der Waals surface area contributed by atoms with Gasteiger partial charge < -0.3 is 5.73 Å². The van der Waals surface area contributed by atoms with Crippen LogP contribution >= 0.6 is 0 Å². The molecule has 0 fully saturated rings. The molecule has 0 saturated carbocycles. The summed E-state index contributed by atoms with van der Waals surface area (Å²) in [5.41, 5.74) is 9.71. The van der Waals surface area contributed by atoms with Crippen LogP contribution in [0.2, 0.25) is 0 Å². The van der Waals surface area contributed by atoms with E-state index in [4.69, 9.17) is 5.73 Å². The number of benzene rings is 2. The van der Waals surface area contributed by atoms with Gasteiger partial charge in [-0.1, -0.05) is 75.4 Å². The van der Waals surface area contributed by atoms with Gasteiger partial charge in [-0.2, -0.15) is 0 Å². The van der Waals surface area contributed by atoms with Crippen molar-refractivity contribution in [2.75, 3.05) is 0 Å². The lowest BCUT2D eigenvalue weighted by atomic mass is 9.80. The zero-order valence-corrected chi connectivity index (χ0v) is 11.8. The van der Waals surface area contributed by atoms with Crippen molar-refractivity contribution in [1.82, 2.24) is 0 Å². The molecule has 0 bridgehead atoms. The summed E-state index contributed by atoms with van der Waals surface area (Å²) < 4.78 is 0. The third-order valence-electron chi connectivity index (χ3n) is 3.75. The lowest BCUT2D eigenvalue weighted by molar-refractivity contribution is 0.544. The first-order chi connectivity index (χ1) is 9.08. The Balaban J connectivity index is 2.50. The van der Waals surface area contributed by atoms with Gasteiger partial charge in [0.1, 0.15) is 0 Å². The van der Waals surface area contributed by atoms with Crippen molar-refractivity contribution in [1.29, 1.82) is 0 Å². The first-order valence-corrected chi connectivity index (χ1v) is 6.82. The third-order valence-corrected chi connectivity index (χ3v) is 3.75. The second kappa shape index (κ2) is 5.58. The molecule has 2 aromatic carbocycles. The van der Waals surface area contributed by atoms with Crippen LogP contribution in [0.3, 0.4) is 0 Å². The molecular formula is C18H22N. The van der Waals surface area contributed by atoms with Gasteiger partial charge in [0.25, 0.3) is 0 Å². The molecule has 0 aliphatic rings. The van der Waals surface area contributed by atoms with E-state index in [2.05, 4.69) is 57.2 Å². The highest BCUT2D eigenvalue weighted by molar-refractivity contribution is 5.40. The molecule has 0 aliphatic carbocycles. The van der Waals surface area contributed by atoms with Crippen molar-refractivity contribution in [3.8, 4) is 0 Å². The second-order valence-corrected chi connectivity index (χ2v) is 5.37. The molecule has 2 aromatic rings. The Morgan fingerprint density at radius 1 is 1.00 bits per heavy atom. The van der Waals surface area contributed by atoms with Gasteiger partial charge in [0, 0.05) is 0 Å². The molecule has 1 heteroatoms. The van der Waals surface area contributed by atoms with Crippen molar-refractivity contribution >= 4 is 0 Å². The Labute approximate surface area is 116 Å².